The van der Waals surface area contributed by atoms with E-state index in [1.807, 2.05) is 24.3 Å². The van der Waals surface area contributed by atoms with E-state index in [0.717, 1.165) is 29.5 Å². The minimum absolute atomic E-state index is 0.00655. The quantitative estimate of drug-likeness (QED) is 0.137. The molecule has 2 aliphatic rings. The molecule has 2 amide bonds. The van der Waals surface area contributed by atoms with E-state index >= 15 is 0 Å². The van der Waals surface area contributed by atoms with Gasteiger partial charge in [-0.2, -0.15) is 26.3 Å². The molecule has 0 radical (unpaired) electrons. The van der Waals surface area contributed by atoms with Crippen molar-refractivity contribution in [3.05, 3.63) is 70.2 Å². The Morgan fingerprint density at radius 3 is 2.25 bits per heavy atom. The molecule has 0 saturated carbocycles. The van der Waals surface area contributed by atoms with E-state index in [4.69, 9.17) is 18.9 Å². The summed E-state index contributed by atoms with van der Waals surface area (Å²) in [5, 5.41) is 1.16. The number of rotatable bonds is 17. The van der Waals surface area contributed by atoms with Crippen LogP contribution in [0.5, 0.6) is 11.5 Å². The van der Waals surface area contributed by atoms with E-state index in [0.29, 0.717) is 82.1 Å². The van der Waals surface area contributed by atoms with Crippen molar-refractivity contribution in [2.75, 3.05) is 91.3 Å². The molecular weight excluding hydrogens is 781 g/mol. The Morgan fingerprint density at radius 2 is 1.61 bits per heavy atom. The molecule has 2 saturated heterocycles. The zero-order valence-corrected chi connectivity index (χ0v) is 33.1. The van der Waals surface area contributed by atoms with Crippen LogP contribution in [0.25, 0.3) is 0 Å². The van der Waals surface area contributed by atoms with Crippen molar-refractivity contribution in [2.24, 2.45) is 0 Å². The second-order valence-electron chi connectivity index (χ2n) is 13.9. The summed E-state index contributed by atoms with van der Waals surface area (Å²) in [7, 11) is 3.29. The largest absolute Gasteiger partial charge is 0.490 e. The molecule has 5 rings (SSSR count). The van der Waals surface area contributed by atoms with E-state index in [1.165, 1.54) is 4.90 Å². The maximum atomic E-state index is 15.0. The highest BCUT2D eigenvalue weighted by Crippen LogP contribution is 2.43. The number of anilines is 1. The number of alkyl halides is 6. The zero-order chi connectivity index (χ0) is 41.2. The molecule has 1 aromatic carbocycles. The van der Waals surface area contributed by atoms with Gasteiger partial charge in [-0.3, -0.25) is 19.5 Å². The summed E-state index contributed by atoms with van der Waals surface area (Å²) in [4.78, 5) is 38.9. The van der Waals surface area contributed by atoms with Gasteiger partial charge in [-0.15, -0.1) is 11.3 Å². The summed E-state index contributed by atoms with van der Waals surface area (Å²) >= 11 is 0.406. The standard InChI is InChI=1S/C39H49F6N5O6S/c1-4-8-33-37(56-28-25-34(57-27-28)39(43,44)45,12-7-14-50(33)35(51)29-26-46-13-11-30(29)38(40,41)42)36(52)49-17-15-48(16-18-49)31-9-5-6-10-32(31)55-24-21-47(19-22-53-2)20-23-54-3/h5-6,9-11,13,25-27,33H,4,7-8,12,14-24H2,1-3H3/t33-,37+/m1/s1. The topological polar surface area (TPSA) is 96.9 Å². The highest BCUT2D eigenvalue weighted by Gasteiger charge is 2.56. The number of carbonyl (C=O) groups excluding carboxylic acids is 2. The average molecular weight is 830 g/mol. The fourth-order valence-electron chi connectivity index (χ4n) is 7.42. The summed E-state index contributed by atoms with van der Waals surface area (Å²) in [6.45, 7) is 6.54. The third-order valence-electron chi connectivity index (χ3n) is 10.2. The van der Waals surface area contributed by atoms with Crippen molar-refractivity contribution in [2.45, 2.75) is 56.6 Å². The lowest BCUT2D eigenvalue weighted by Crippen LogP contribution is -2.69. The van der Waals surface area contributed by atoms with Crippen molar-refractivity contribution in [1.82, 2.24) is 19.7 Å². The maximum Gasteiger partial charge on any atom is 0.425 e. The molecule has 0 N–H and O–H groups in total. The van der Waals surface area contributed by atoms with E-state index in [9.17, 15) is 35.9 Å². The molecule has 0 aliphatic carbocycles. The van der Waals surface area contributed by atoms with Crippen LogP contribution in [0.1, 0.15) is 53.4 Å². The molecule has 2 aromatic heterocycles. The van der Waals surface area contributed by atoms with Crippen LogP contribution in [-0.2, 0) is 26.6 Å². The van der Waals surface area contributed by atoms with Crippen LogP contribution in [0.2, 0.25) is 0 Å². The molecule has 57 heavy (non-hydrogen) atoms. The predicted octanol–water partition coefficient (Wildman–Crippen LogP) is 6.73. The third kappa shape index (κ3) is 10.7. The van der Waals surface area contributed by atoms with E-state index in [-0.39, 0.29) is 44.6 Å². The normalized spacial score (nSPS) is 19.3. The minimum atomic E-state index is -4.87. The maximum absolute atomic E-state index is 15.0. The van der Waals surface area contributed by atoms with Gasteiger partial charge < -0.3 is 33.6 Å². The zero-order valence-electron chi connectivity index (χ0n) is 32.2. The van der Waals surface area contributed by atoms with Crippen molar-refractivity contribution in [3.63, 3.8) is 0 Å². The smallest absolute Gasteiger partial charge is 0.425 e. The minimum Gasteiger partial charge on any atom is -0.490 e. The highest BCUT2D eigenvalue weighted by molar-refractivity contribution is 7.10. The van der Waals surface area contributed by atoms with Crippen LogP contribution < -0.4 is 14.4 Å². The summed E-state index contributed by atoms with van der Waals surface area (Å²) in [6.07, 6.45) is -7.04. The Hall–Kier alpha value is -4.13. The summed E-state index contributed by atoms with van der Waals surface area (Å²) in [5.41, 5.74) is -2.93. The number of piperidine rings is 1. The van der Waals surface area contributed by atoms with Crippen molar-refractivity contribution in [1.29, 1.82) is 0 Å². The lowest BCUT2D eigenvalue weighted by molar-refractivity contribution is -0.159. The number of pyridine rings is 1. The molecule has 11 nitrogen and oxygen atoms in total. The van der Waals surface area contributed by atoms with Crippen molar-refractivity contribution in [3.8, 4) is 11.5 Å². The Labute approximate surface area is 332 Å². The number of para-hydroxylation sites is 2. The number of carbonyl (C=O) groups is 2. The molecule has 2 aliphatic heterocycles. The predicted molar refractivity (Wildman–Crippen MR) is 202 cm³/mol. The second kappa shape index (κ2) is 19.5. The van der Waals surface area contributed by atoms with Crippen molar-refractivity contribution >= 4 is 28.8 Å². The monoisotopic (exact) mass is 829 g/mol. The number of nitrogens with zero attached hydrogens (tertiary/aromatic N) is 5. The Kier molecular flexibility index (Phi) is 15.1. The fraction of sp³-hybridized carbons (Fsp3) is 0.564. The van der Waals surface area contributed by atoms with Crippen LogP contribution in [0, 0.1) is 0 Å². The van der Waals surface area contributed by atoms with E-state index < -0.39 is 51.8 Å². The molecule has 314 valence electrons. The first kappa shape index (κ1) is 44.0. The van der Waals surface area contributed by atoms with Gasteiger partial charge >= 0.3 is 12.4 Å². The lowest BCUT2D eigenvalue weighted by atomic mass is 9.79. The highest BCUT2D eigenvalue weighted by atomic mass is 32.1. The van der Waals surface area contributed by atoms with E-state index in [2.05, 4.69) is 14.8 Å². The van der Waals surface area contributed by atoms with Gasteiger partial charge in [0, 0.05) is 96.8 Å². The average Bonchev–Trinajstić information content (AvgIpc) is 3.68. The number of methoxy groups -OCH3 is 2. The Balaban J connectivity index is 1.40. The van der Waals surface area contributed by atoms with Gasteiger partial charge in [-0.1, -0.05) is 25.5 Å². The number of piperazine rings is 1. The van der Waals surface area contributed by atoms with Crippen molar-refractivity contribution < 1.29 is 54.9 Å². The molecular formula is C39H49F6N5O6S. The summed E-state index contributed by atoms with van der Waals surface area (Å²) in [5.74, 6) is -1.08. The molecule has 0 spiro atoms. The Morgan fingerprint density at radius 1 is 0.930 bits per heavy atom. The first-order chi connectivity index (χ1) is 27.2. The number of likely N-dealkylation sites (tertiary alicyclic amines) is 1. The molecule has 4 heterocycles. The van der Waals surface area contributed by atoms with Gasteiger partial charge in [0.05, 0.1) is 36.1 Å². The molecule has 0 unspecified atom stereocenters. The number of hydrogen-bond acceptors (Lipinski definition) is 10. The first-order valence-corrected chi connectivity index (χ1v) is 19.7. The SMILES string of the molecule is CCC[C@H]1N(C(=O)c2cnccc2C(F)(F)F)CCC[C@@]1(Oc1csc(C(F)(F)F)c1)C(=O)N1CCN(c2ccccc2OCCN(CCOC)CCOC)CC1. The number of halogens is 6. The van der Waals surface area contributed by atoms with Gasteiger partial charge in [0.2, 0.25) is 5.60 Å². The van der Waals surface area contributed by atoms with Crippen LogP contribution in [-0.4, -0.2) is 130 Å². The molecule has 18 heteroatoms. The van der Waals surface area contributed by atoms with E-state index in [1.54, 1.807) is 26.0 Å². The number of thiophene rings is 1. The third-order valence-corrected chi connectivity index (χ3v) is 11.2. The van der Waals surface area contributed by atoms with Gasteiger partial charge in [-0.05, 0) is 31.0 Å². The van der Waals surface area contributed by atoms with Gasteiger partial charge in [-0.25, -0.2) is 0 Å². The summed E-state index contributed by atoms with van der Waals surface area (Å²) in [6, 6.07) is 7.98. The Bertz CT molecular complexity index is 1760. The molecule has 2 atom stereocenters. The summed E-state index contributed by atoms with van der Waals surface area (Å²) < 4.78 is 107. The van der Waals surface area contributed by atoms with Gasteiger partial charge in [0.15, 0.2) is 0 Å². The molecule has 2 fully saturated rings. The number of aromatic nitrogens is 1. The molecule has 3 aromatic rings. The number of ether oxygens (including phenoxy) is 4. The number of benzene rings is 1. The fourth-order valence-corrected chi connectivity index (χ4v) is 8.10. The van der Waals surface area contributed by atoms with Crippen LogP contribution in [0.3, 0.4) is 0 Å². The second-order valence-corrected chi connectivity index (χ2v) is 14.8. The van der Waals surface area contributed by atoms with Crippen LogP contribution >= 0.6 is 11.3 Å². The van der Waals surface area contributed by atoms with Gasteiger partial charge in [0.1, 0.15) is 23.0 Å². The van der Waals surface area contributed by atoms with Crippen LogP contribution in [0.15, 0.2) is 54.2 Å². The number of amides is 2. The molecule has 0 bridgehead atoms. The van der Waals surface area contributed by atoms with Crippen LogP contribution in [0.4, 0.5) is 32.0 Å². The first-order valence-electron chi connectivity index (χ1n) is 18.9. The lowest BCUT2D eigenvalue weighted by Gasteiger charge is -2.50. The number of hydrogen-bond donors (Lipinski definition) is 0. The van der Waals surface area contributed by atoms with Gasteiger partial charge in [0.25, 0.3) is 11.8 Å².